The van der Waals surface area contributed by atoms with Crippen molar-refractivity contribution >= 4 is 5.91 Å². The largest absolute Gasteiger partial charge is 0.394 e. The number of aliphatic hydroxyl groups is 3. The van der Waals surface area contributed by atoms with Crippen LogP contribution in [0.2, 0.25) is 0 Å². The predicted octanol–water partition coefficient (Wildman–Crippen LogP) is 1.40. The average Bonchev–Trinajstić information content (AvgIpc) is 2.90. The van der Waals surface area contributed by atoms with E-state index in [1.807, 2.05) is 27.7 Å². The molecule has 0 aliphatic carbocycles. The van der Waals surface area contributed by atoms with Gasteiger partial charge in [-0.15, -0.1) is 0 Å². The number of nitrogens with zero attached hydrogens (tertiary/aromatic N) is 1. The van der Waals surface area contributed by atoms with E-state index in [9.17, 15) is 20.1 Å². The van der Waals surface area contributed by atoms with E-state index >= 15 is 0 Å². The summed E-state index contributed by atoms with van der Waals surface area (Å²) in [6.07, 6.45) is 0.892. The van der Waals surface area contributed by atoms with Crippen molar-refractivity contribution in [2.24, 2.45) is 17.8 Å². The molecule has 1 saturated heterocycles. The Morgan fingerprint density at radius 3 is 2.23 bits per heavy atom. The molecule has 5 nitrogen and oxygen atoms in total. The molecule has 22 heavy (non-hydrogen) atoms. The number of hydrogen-bond donors (Lipinski definition) is 3. The Hall–Kier alpha value is -0.650. The maximum atomic E-state index is 12.8. The number of carbonyl (C=O) groups excluding carboxylic acids is 1. The first-order chi connectivity index (χ1) is 10.3. The summed E-state index contributed by atoms with van der Waals surface area (Å²) in [5, 5.41) is 29.7. The molecule has 1 unspecified atom stereocenters. The fraction of sp³-hybridized carbons (Fsp3) is 0.941. The second-order valence-electron chi connectivity index (χ2n) is 7.36. The van der Waals surface area contributed by atoms with Gasteiger partial charge in [0.1, 0.15) is 0 Å². The van der Waals surface area contributed by atoms with Crippen molar-refractivity contribution in [1.29, 1.82) is 0 Å². The van der Waals surface area contributed by atoms with E-state index in [1.54, 1.807) is 4.90 Å². The second kappa shape index (κ2) is 8.85. The Labute approximate surface area is 134 Å². The Bertz CT molecular complexity index is 346. The molecule has 1 rings (SSSR count). The average molecular weight is 315 g/mol. The fourth-order valence-electron chi connectivity index (χ4n) is 3.24. The smallest absolute Gasteiger partial charge is 0.226 e. The molecule has 1 heterocycles. The van der Waals surface area contributed by atoms with E-state index < -0.39 is 12.2 Å². The van der Waals surface area contributed by atoms with Crippen LogP contribution in [0, 0.1) is 17.8 Å². The van der Waals surface area contributed by atoms with E-state index in [1.165, 1.54) is 0 Å². The van der Waals surface area contributed by atoms with E-state index in [-0.39, 0.29) is 36.8 Å². The zero-order valence-corrected chi connectivity index (χ0v) is 14.4. The monoisotopic (exact) mass is 315 g/mol. The molecule has 5 heteroatoms. The zero-order valence-electron chi connectivity index (χ0n) is 14.4. The predicted molar refractivity (Wildman–Crippen MR) is 86.2 cm³/mol. The summed E-state index contributed by atoms with van der Waals surface area (Å²) in [7, 11) is 0. The highest BCUT2D eigenvalue weighted by Crippen LogP contribution is 2.27. The molecule has 0 aromatic heterocycles. The van der Waals surface area contributed by atoms with Crippen molar-refractivity contribution in [2.75, 3.05) is 13.2 Å². The third kappa shape index (κ3) is 5.21. The van der Waals surface area contributed by atoms with E-state index in [0.29, 0.717) is 18.9 Å². The van der Waals surface area contributed by atoms with Crippen LogP contribution in [-0.4, -0.2) is 57.5 Å². The van der Waals surface area contributed by atoms with Gasteiger partial charge in [0, 0.05) is 12.5 Å². The van der Waals surface area contributed by atoms with Crippen LogP contribution in [0.3, 0.4) is 0 Å². The Morgan fingerprint density at radius 1 is 1.14 bits per heavy atom. The molecule has 1 aliphatic heterocycles. The molecule has 3 N–H and O–H groups in total. The first-order valence-electron chi connectivity index (χ1n) is 8.55. The summed E-state index contributed by atoms with van der Waals surface area (Å²) in [6.45, 7) is 8.60. The molecule has 0 spiro atoms. The van der Waals surface area contributed by atoms with Crippen molar-refractivity contribution in [3.05, 3.63) is 0 Å². The lowest BCUT2D eigenvalue weighted by molar-refractivity contribution is -0.140. The van der Waals surface area contributed by atoms with Gasteiger partial charge in [0.2, 0.25) is 5.91 Å². The van der Waals surface area contributed by atoms with Crippen LogP contribution in [0.5, 0.6) is 0 Å². The number of rotatable bonds is 8. The lowest BCUT2D eigenvalue weighted by Crippen LogP contribution is -2.44. The van der Waals surface area contributed by atoms with Crippen LogP contribution >= 0.6 is 0 Å². The molecule has 0 bridgehead atoms. The van der Waals surface area contributed by atoms with Crippen molar-refractivity contribution in [1.82, 2.24) is 4.90 Å². The third-order valence-electron chi connectivity index (χ3n) is 4.65. The maximum absolute atomic E-state index is 12.8. The van der Waals surface area contributed by atoms with Crippen LogP contribution < -0.4 is 0 Å². The van der Waals surface area contributed by atoms with Crippen LogP contribution in [0.4, 0.5) is 0 Å². The lowest BCUT2D eigenvalue weighted by atomic mass is 9.86. The lowest BCUT2D eigenvalue weighted by Gasteiger charge is -2.32. The van der Waals surface area contributed by atoms with Gasteiger partial charge >= 0.3 is 0 Å². The summed E-state index contributed by atoms with van der Waals surface area (Å²) < 4.78 is 0. The van der Waals surface area contributed by atoms with Crippen molar-refractivity contribution in [2.45, 2.75) is 71.6 Å². The summed E-state index contributed by atoms with van der Waals surface area (Å²) in [5.41, 5.74) is 0. The SMILES string of the molecule is CC(C)C[C@@H](O)[C@@H](O)C[C@H](C(=O)N1CCCC1CO)C(C)C. The molecule has 1 aliphatic rings. The quantitative estimate of drug-likeness (QED) is 0.632. The second-order valence-corrected chi connectivity index (χ2v) is 7.36. The van der Waals surface area contributed by atoms with Crippen LogP contribution in [0.1, 0.15) is 53.4 Å². The highest BCUT2D eigenvalue weighted by Gasteiger charge is 2.36. The van der Waals surface area contributed by atoms with Gasteiger partial charge in [0.25, 0.3) is 0 Å². The Balaban J connectivity index is 2.70. The van der Waals surface area contributed by atoms with Gasteiger partial charge in [-0.1, -0.05) is 27.7 Å². The number of likely N-dealkylation sites (tertiary alicyclic amines) is 1. The minimum absolute atomic E-state index is 0.00217. The van der Waals surface area contributed by atoms with Crippen LogP contribution in [0.15, 0.2) is 0 Å². The van der Waals surface area contributed by atoms with E-state index in [2.05, 4.69) is 0 Å². The summed E-state index contributed by atoms with van der Waals surface area (Å²) in [4.78, 5) is 14.5. The molecule has 130 valence electrons. The molecule has 0 aromatic rings. The summed E-state index contributed by atoms with van der Waals surface area (Å²) >= 11 is 0. The molecule has 1 fully saturated rings. The normalized spacial score (nSPS) is 23.1. The van der Waals surface area contributed by atoms with E-state index in [0.717, 1.165) is 12.8 Å². The number of hydrogen-bond acceptors (Lipinski definition) is 4. The van der Waals surface area contributed by atoms with Gasteiger partial charge in [-0.2, -0.15) is 0 Å². The first-order valence-corrected chi connectivity index (χ1v) is 8.55. The van der Waals surface area contributed by atoms with Gasteiger partial charge in [-0.3, -0.25) is 4.79 Å². The Morgan fingerprint density at radius 2 is 1.73 bits per heavy atom. The highest BCUT2D eigenvalue weighted by molar-refractivity contribution is 5.79. The molecule has 1 amide bonds. The Kier molecular flexibility index (Phi) is 7.80. The minimum atomic E-state index is -0.881. The van der Waals surface area contributed by atoms with Gasteiger partial charge in [0.05, 0.1) is 24.9 Å². The minimum Gasteiger partial charge on any atom is -0.394 e. The van der Waals surface area contributed by atoms with Gasteiger partial charge < -0.3 is 20.2 Å². The number of amides is 1. The van der Waals surface area contributed by atoms with Crippen LogP contribution in [-0.2, 0) is 4.79 Å². The fourth-order valence-corrected chi connectivity index (χ4v) is 3.24. The van der Waals surface area contributed by atoms with Crippen molar-refractivity contribution in [3.63, 3.8) is 0 Å². The maximum Gasteiger partial charge on any atom is 0.226 e. The van der Waals surface area contributed by atoms with Crippen molar-refractivity contribution < 1.29 is 20.1 Å². The number of aliphatic hydroxyl groups excluding tert-OH is 3. The molecular weight excluding hydrogens is 282 g/mol. The third-order valence-corrected chi connectivity index (χ3v) is 4.65. The molecule has 0 saturated carbocycles. The standard InChI is InChI=1S/C17H33NO4/c1-11(2)8-15(20)16(21)9-14(12(3)4)17(22)18-7-5-6-13(18)10-19/h11-16,19-21H,5-10H2,1-4H3/t13?,14-,15+,16-/m0/s1. The molecule has 0 radical (unpaired) electrons. The van der Waals surface area contributed by atoms with Gasteiger partial charge in [0.15, 0.2) is 0 Å². The van der Waals surface area contributed by atoms with Gasteiger partial charge in [-0.05, 0) is 37.5 Å². The summed E-state index contributed by atoms with van der Waals surface area (Å²) in [6, 6.07) is -0.0912. The van der Waals surface area contributed by atoms with Crippen LogP contribution in [0.25, 0.3) is 0 Å². The molecule has 0 aromatic carbocycles. The molecule has 4 atom stereocenters. The first kappa shape index (κ1) is 19.4. The van der Waals surface area contributed by atoms with Crippen molar-refractivity contribution in [3.8, 4) is 0 Å². The van der Waals surface area contributed by atoms with E-state index in [4.69, 9.17) is 0 Å². The zero-order chi connectivity index (χ0) is 16.9. The summed E-state index contributed by atoms with van der Waals surface area (Å²) in [5.74, 6) is 0.0786. The number of carbonyl (C=O) groups is 1. The topological polar surface area (TPSA) is 81.0 Å². The molecular formula is C17H33NO4. The van der Waals surface area contributed by atoms with Gasteiger partial charge in [-0.25, -0.2) is 0 Å². The highest BCUT2D eigenvalue weighted by atomic mass is 16.3.